The first-order valence-electron chi connectivity index (χ1n) is 4.60. The van der Waals surface area contributed by atoms with Crippen LogP contribution in [0.15, 0.2) is 0 Å². The molecule has 0 saturated heterocycles. The zero-order valence-corrected chi connectivity index (χ0v) is 9.83. The third-order valence-corrected chi connectivity index (χ3v) is 2.96. The third kappa shape index (κ3) is 5.40. The lowest BCUT2D eigenvalue weighted by molar-refractivity contribution is -0.125. The second-order valence-electron chi connectivity index (χ2n) is 3.68. The summed E-state index contributed by atoms with van der Waals surface area (Å²) in [6, 6.07) is 0. The molecule has 0 aliphatic rings. The number of amides is 1. The van der Waals surface area contributed by atoms with Crippen LogP contribution in [0.5, 0.6) is 0 Å². The van der Waals surface area contributed by atoms with Gasteiger partial charge in [0.15, 0.2) is 0 Å². The Labute approximate surface area is 94.0 Å². The van der Waals surface area contributed by atoms with Crippen LogP contribution in [0.2, 0.25) is 0 Å². The highest BCUT2D eigenvalue weighted by atomic mass is 32.2. The van der Waals surface area contributed by atoms with Crippen molar-refractivity contribution in [3.63, 3.8) is 0 Å². The van der Waals surface area contributed by atoms with E-state index in [2.05, 4.69) is 5.32 Å². The van der Waals surface area contributed by atoms with Gasteiger partial charge in [0, 0.05) is 12.7 Å². The van der Waals surface area contributed by atoms with Gasteiger partial charge in [-0.3, -0.25) is 4.79 Å². The molecule has 0 aromatic carbocycles. The molecule has 0 rings (SSSR count). The maximum Gasteiger partial charge on any atom is 0.221 e. The van der Waals surface area contributed by atoms with E-state index in [-0.39, 0.29) is 12.2 Å². The highest BCUT2D eigenvalue weighted by Gasteiger charge is 2.29. The topological polar surface area (TPSA) is 124 Å². The van der Waals surface area contributed by atoms with Crippen LogP contribution in [0.3, 0.4) is 0 Å². The Kier molecular flexibility index (Phi) is 5.87. The molecule has 0 aliphatic heterocycles. The van der Waals surface area contributed by atoms with E-state index in [1.54, 1.807) is 0 Å². The molecule has 0 heterocycles. The Morgan fingerprint density at radius 3 is 1.94 bits per heavy atom. The Morgan fingerprint density at radius 1 is 1.19 bits per heavy atom. The van der Waals surface area contributed by atoms with Crippen molar-refractivity contribution in [2.75, 3.05) is 31.8 Å². The molecule has 0 bridgehead atoms. The largest absolute Gasteiger partial charge is 0.394 e. The minimum atomic E-state index is -3.24. The van der Waals surface area contributed by atoms with Gasteiger partial charge in [-0.1, -0.05) is 0 Å². The van der Waals surface area contributed by atoms with Crippen LogP contribution >= 0.6 is 0 Å². The van der Waals surface area contributed by atoms with E-state index in [4.69, 9.17) is 15.3 Å². The molecule has 0 fully saturated rings. The van der Waals surface area contributed by atoms with Crippen LogP contribution in [0, 0.1) is 0 Å². The number of aliphatic hydroxyl groups is 3. The molecule has 7 nitrogen and oxygen atoms in total. The van der Waals surface area contributed by atoms with Gasteiger partial charge < -0.3 is 20.6 Å². The molecule has 1 amide bonds. The molecular formula is C8H17NO6S. The van der Waals surface area contributed by atoms with Crippen molar-refractivity contribution in [1.82, 2.24) is 5.32 Å². The zero-order chi connectivity index (χ0) is 12.8. The van der Waals surface area contributed by atoms with E-state index >= 15 is 0 Å². The fourth-order valence-electron chi connectivity index (χ4n) is 0.905. The van der Waals surface area contributed by atoms with Crippen molar-refractivity contribution < 1.29 is 28.5 Å². The Balaban J connectivity index is 4.32. The number of sulfone groups is 1. The van der Waals surface area contributed by atoms with Crippen molar-refractivity contribution in [2.45, 2.75) is 12.0 Å². The van der Waals surface area contributed by atoms with Crippen LogP contribution in [-0.4, -0.2) is 67.0 Å². The monoisotopic (exact) mass is 255 g/mol. The minimum Gasteiger partial charge on any atom is -0.394 e. The molecule has 16 heavy (non-hydrogen) atoms. The summed E-state index contributed by atoms with van der Waals surface area (Å²) in [4.78, 5) is 11.3. The van der Waals surface area contributed by atoms with Gasteiger partial charge in [-0.05, 0) is 0 Å². The number of aliphatic hydroxyl groups excluding tert-OH is 3. The first-order chi connectivity index (χ1) is 7.28. The molecule has 8 heteroatoms. The summed E-state index contributed by atoms with van der Waals surface area (Å²) in [5.74, 6) is -0.973. The highest BCUT2D eigenvalue weighted by Crippen LogP contribution is 2.02. The number of carbonyl (C=O) groups is 1. The van der Waals surface area contributed by atoms with Gasteiger partial charge in [-0.2, -0.15) is 0 Å². The molecule has 0 unspecified atom stereocenters. The minimum absolute atomic E-state index is 0.277. The lowest BCUT2D eigenvalue weighted by atomic mass is 10.0. The van der Waals surface area contributed by atoms with Crippen molar-refractivity contribution in [3.05, 3.63) is 0 Å². The van der Waals surface area contributed by atoms with E-state index < -0.39 is 41.1 Å². The van der Waals surface area contributed by atoms with Gasteiger partial charge in [0.2, 0.25) is 5.91 Å². The van der Waals surface area contributed by atoms with E-state index in [0.717, 1.165) is 6.26 Å². The van der Waals surface area contributed by atoms with Crippen LogP contribution in [-0.2, 0) is 14.6 Å². The van der Waals surface area contributed by atoms with Gasteiger partial charge in [0.1, 0.15) is 15.4 Å². The maximum absolute atomic E-state index is 11.3. The van der Waals surface area contributed by atoms with Crippen LogP contribution < -0.4 is 5.32 Å². The quantitative estimate of drug-likeness (QED) is 0.391. The summed E-state index contributed by atoms with van der Waals surface area (Å²) in [6.45, 7) is -1.90. The van der Waals surface area contributed by atoms with Crippen molar-refractivity contribution in [2.24, 2.45) is 0 Å². The molecule has 0 saturated carbocycles. The van der Waals surface area contributed by atoms with Crippen molar-refractivity contribution in [1.29, 1.82) is 0 Å². The van der Waals surface area contributed by atoms with E-state index in [9.17, 15) is 13.2 Å². The molecule has 0 aliphatic carbocycles. The summed E-state index contributed by atoms with van der Waals surface area (Å²) < 4.78 is 21.6. The first kappa shape index (κ1) is 15.3. The molecule has 0 spiro atoms. The number of hydrogen-bond acceptors (Lipinski definition) is 6. The molecule has 0 radical (unpaired) electrons. The van der Waals surface area contributed by atoms with Gasteiger partial charge >= 0.3 is 0 Å². The standard InChI is InChI=1S/C8H17NO6S/c1-16(14,15)3-2-7(13)9-8(4-10,5-11)6-12/h10-12H,2-6H2,1H3,(H,9,13). The van der Waals surface area contributed by atoms with E-state index in [1.165, 1.54) is 0 Å². The predicted molar refractivity (Wildman–Crippen MR) is 56.5 cm³/mol. The molecule has 96 valence electrons. The second kappa shape index (κ2) is 6.14. The van der Waals surface area contributed by atoms with Gasteiger partial charge in [0.25, 0.3) is 0 Å². The highest BCUT2D eigenvalue weighted by molar-refractivity contribution is 7.90. The zero-order valence-electron chi connectivity index (χ0n) is 9.01. The predicted octanol–water partition coefficient (Wildman–Crippen LogP) is -2.75. The average molecular weight is 255 g/mol. The fourth-order valence-corrected chi connectivity index (χ4v) is 1.46. The Hall–Kier alpha value is -0.700. The Bertz CT molecular complexity index is 313. The maximum atomic E-state index is 11.3. The Morgan fingerprint density at radius 2 is 1.62 bits per heavy atom. The molecule has 4 N–H and O–H groups in total. The molecule has 0 aromatic heterocycles. The van der Waals surface area contributed by atoms with Gasteiger partial charge in [-0.15, -0.1) is 0 Å². The van der Waals surface area contributed by atoms with Gasteiger partial charge in [0.05, 0.1) is 25.6 Å². The van der Waals surface area contributed by atoms with Crippen LogP contribution in [0.4, 0.5) is 0 Å². The van der Waals surface area contributed by atoms with Crippen molar-refractivity contribution >= 4 is 15.7 Å². The summed E-state index contributed by atoms with van der Waals surface area (Å²) in [7, 11) is -3.24. The number of nitrogens with one attached hydrogen (secondary N) is 1. The summed E-state index contributed by atoms with van der Waals surface area (Å²) >= 11 is 0. The van der Waals surface area contributed by atoms with E-state index in [0.29, 0.717) is 0 Å². The first-order valence-corrected chi connectivity index (χ1v) is 6.66. The third-order valence-electron chi connectivity index (χ3n) is 2.01. The lowest BCUT2D eigenvalue weighted by Gasteiger charge is -2.28. The number of carbonyl (C=O) groups excluding carboxylic acids is 1. The summed E-state index contributed by atoms with van der Waals surface area (Å²) in [6.07, 6.45) is 0.720. The average Bonchev–Trinajstić information content (AvgIpc) is 2.22. The van der Waals surface area contributed by atoms with Crippen LogP contribution in [0.25, 0.3) is 0 Å². The molecule has 0 aromatic rings. The number of hydrogen-bond donors (Lipinski definition) is 4. The normalized spacial score (nSPS) is 12.5. The van der Waals surface area contributed by atoms with E-state index in [1.807, 2.05) is 0 Å². The molecular weight excluding hydrogens is 238 g/mol. The smallest absolute Gasteiger partial charge is 0.221 e. The fraction of sp³-hybridized carbons (Fsp3) is 0.875. The number of rotatable bonds is 7. The van der Waals surface area contributed by atoms with Crippen molar-refractivity contribution in [3.8, 4) is 0 Å². The summed E-state index contributed by atoms with van der Waals surface area (Å²) in [5, 5.41) is 28.9. The lowest BCUT2D eigenvalue weighted by Crippen LogP contribution is -2.57. The SMILES string of the molecule is CS(=O)(=O)CCC(=O)NC(CO)(CO)CO. The summed E-state index contributed by atoms with van der Waals surface area (Å²) in [5.41, 5.74) is -1.51. The second-order valence-corrected chi connectivity index (χ2v) is 5.94. The van der Waals surface area contributed by atoms with Gasteiger partial charge in [-0.25, -0.2) is 8.42 Å². The van der Waals surface area contributed by atoms with Crippen LogP contribution in [0.1, 0.15) is 6.42 Å². The molecule has 0 atom stereocenters.